The molecule has 0 aliphatic heterocycles. The Balaban J connectivity index is 2.25. The fourth-order valence-electron chi connectivity index (χ4n) is 2.14. The van der Waals surface area contributed by atoms with Crippen molar-refractivity contribution in [3.8, 4) is 0 Å². The first-order valence-corrected chi connectivity index (χ1v) is 6.80. The van der Waals surface area contributed by atoms with E-state index in [1.54, 1.807) is 22.9 Å². The minimum absolute atomic E-state index is 0.249. The zero-order valence-electron chi connectivity index (χ0n) is 12.1. The van der Waals surface area contributed by atoms with Gasteiger partial charge in [0.1, 0.15) is 11.0 Å². The summed E-state index contributed by atoms with van der Waals surface area (Å²) >= 11 is 0. The predicted molar refractivity (Wildman–Crippen MR) is 76.9 cm³/mol. The molecule has 1 heterocycles. The first kappa shape index (κ1) is 14.5. The third kappa shape index (κ3) is 2.80. The molecule has 0 aliphatic carbocycles. The average Bonchev–Trinajstić information content (AvgIpc) is 2.86. The maximum Gasteiger partial charge on any atom is 0.337 e. The van der Waals surface area contributed by atoms with Gasteiger partial charge in [-0.2, -0.15) is 0 Å². The Bertz CT molecular complexity index is 608. The van der Waals surface area contributed by atoms with E-state index < -0.39 is 5.97 Å². The Kier molecular flexibility index (Phi) is 4.34. The van der Waals surface area contributed by atoms with Crippen molar-refractivity contribution in [2.45, 2.75) is 32.9 Å². The normalized spacial score (nSPS) is 13.0. The number of hydrogen-bond acceptors (Lipinski definition) is 4. The van der Waals surface area contributed by atoms with Crippen LogP contribution in [0.1, 0.15) is 30.6 Å². The molecule has 0 saturated carbocycles. The number of hydrogen-bond donors (Lipinski definition) is 1. The number of nitrogens with zero attached hydrogens (tertiary/aromatic N) is 4. The summed E-state index contributed by atoms with van der Waals surface area (Å²) in [6.45, 7) is 5.75. The maximum absolute atomic E-state index is 11.3. The maximum atomic E-state index is 11.3. The fraction of sp³-hybridized carbons (Fsp3) is 0.500. The number of para-hydroxylation sites is 1. The lowest BCUT2D eigenvalue weighted by atomic mass is 10.2. The number of aromatic nitrogens is 3. The Morgan fingerprint density at radius 3 is 2.90 bits per heavy atom. The van der Waals surface area contributed by atoms with Crippen molar-refractivity contribution in [3.05, 3.63) is 23.8 Å². The van der Waals surface area contributed by atoms with Crippen LogP contribution in [0.2, 0.25) is 0 Å². The molecule has 0 radical (unpaired) electrons. The summed E-state index contributed by atoms with van der Waals surface area (Å²) in [5, 5.41) is 17.4. The smallest absolute Gasteiger partial charge is 0.337 e. The Morgan fingerprint density at radius 1 is 1.50 bits per heavy atom. The first-order chi connectivity index (χ1) is 9.54. The van der Waals surface area contributed by atoms with Gasteiger partial charge in [0.2, 0.25) is 0 Å². The summed E-state index contributed by atoms with van der Waals surface area (Å²) in [4.78, 5) is 13.5. The molecule has 0 aliphatic rings. The standard InChI is InChI=1S/C14H20N4O2/c1-4-10(2)17(3)8-9-18-13-11(14(19)20)6-5-7-12(13)15-16-18/h5-7,10H,4,8-9H2,1-3H3,(H,19,20). The fourth-order valence-corrected chi connectivity index (χ4v) is 2.14. The largest absolute Gasteiger partial charge is 0.478 e. The number of rotatable bonds is 6. The van der Waals surface area contributed by atoms with Crippen LogP contribution in [0, 0.1) is 0 Å². The van der Waals surface area contributed by atoms with E-state index in [0.717, 1.165) is 13.0 Å². The van der Waals surface area contributed by atoms with Crippen LogP contribution in [0.4, 0.5) is 0 Å². The summed E-state index contributed by atoms with van der Waals surface area (Å²) in [6.07, 6.45) is 1.08. The second kappa shape index (κ2) is 6.00. The van der Waals surface area contributed by atoms with Crippen LogP contribution in [-0.4, -0.2) is 50.6 Å². The number of carbonyl (C=O) groups is 1. The molecule has 2 rings (SSSR count). The van der Waals surface area contributed by atoms with Crippen LogP contribution in [0.3, 0.4) is 0 Å². The molecule has 20 heavy (non-hydrogen) atoms. The van der Waals surface area contributed by atoms with Gasteiger partial charge in [-0.3, -0.25) is 0 Å². The molecular weight excluding hydrogens is 256 g/mol. The third-order valence-electron chi connectivity index (χ3n) is 3.77. The van der Waals surface area contributed by atoms with Gasteiger partial charge in [-0.25, -0.2) is 9.48 Å². The Morgan fingerprint density at radius 2 is 2.25 bits per heavy atom. The van der Waals surface area contributed by atoms with E-state index in [0.29, 0.717) is 23.6 Å². The molecule has 1 aromatic heterocycles. The quantitative estimate of drug-likeness (QED) is 0.872. The van der Waals surface area contributed by atoms with Crippen LogP contribution in [0.15, 0.2) is 18.2 Å². The third-order valence-corrected chi connectivity index (χ3v) is 3.77. The average molecular weight is 276 g/mol. The number of likely N-dealkylation sites (N-methyl/N-ethyl adjacent to an activating group) is 1. The van der Waals surface area contributed by atoms with Gasteiger partial charge in [-0.05, 0) is 32.5 Å². The minimum atomic E-state index is -0.950. The molecule has 1 aromatic carbocycles. The number of fused-ring (bicyclic) bond motifs is 1. The second-order valence-electron chi connectivity index (χ2n) is 5.03. The topological polar surface area (TPSA) is 71.2 Å². The van der Waals surface area contributed by atoms with Gasteiger partial charge in [-0.15, -0.1) is 5.10 Å². The molecular formula is C14H20N4O2. The molecule has 1 unspecified atom stereocenters. The lowest BCUT2D eigenvalue weighted by molar-refractivity contribution is 0.0698. The van der Waals surface area contributed by atoms with E-state index in [4.69, 9.17) is 0 Å². The Labute approximate surface area is 118 Å². The highest BCUT2D eigenvalue weighted by Gasteiger charge is 2.15. The Hall–Kier alpha value is -1.95. The summed E-state index contributed by atoms with van der Waals surface area (Å²) < 4.78 is 1.68. The number of carboxylic acids is 1. The molecule has 6 heteroatoms. The first-order valence-electron chi connectivity index (χ1n) is 6.80. The molecule has 2 aromatic rings. The van der Waals surface area contributed by atoms with Crippen molar-refractivity contribution in [2.24, 2.45) is 0 Å². The van der Waals surface area contributed by atoms with Crippen molar-refractivity contribution >= 4 is 17.0 Å². The highest BCUT2D eigenvalue weighted by atomic mass is 16.4. The highest BCUT2D eigenvalue weighted by Crippen LogP contribution is 2.16. The molecule has 0 spiro atoms. The van der Waals surface area contributed by atoms with Crippen LogP contribution in [0.25, 0.3) is 11.0 Å². The van der Waals surface area contributed by atoms with Gasteiger partial charge in [-0.1, -0.05) is 18.2 Å². The zero-order valence-corrected chi connectivity index (χ0v) is 12.1. The zero-order chi connectivity index (χ0) is 14.7. The SMILES string of the molecule is CCC(C)N(C)CCn1nnc2cccc(C(=O)O)c21. The molecule has 1 atom stereocenters. The molecule has 6 nitrogen and oxygen atoms in total. The van der Waals surface area contributed by atoms with Crippen molar-refractivity contribution in [2.75, 3.05) is 13.6 Å². The van der Waals surface area contributed by atoms with E-state index in [-0.39, 0.29) is 5.56 Å². The van der Waals surface area contributed by atoms with E-state index in [1.807, 2.05) is 0 Å². The lowest BCUT2D eigenvalue weighted by Crippen LogP contribution is -2.31. The molecule has 0 bridgehead atoms. The van der Waals surface area contributed by atoms with Crippen LogP contribution < -0.4 is 0 Å². The van der Waals surface area contributed by atoms with Gasteiger partial charge in [0.25, 0.3) is 0 Å². The van der Waals surface area contributed by atoms with Gasteiger partial charge in [0.15, 0.2) is 0 Å². The summed E-state index contributed by atoms with van der Waals surface area (Å²) in [5.41, 5.74) is 1.47. The minimum Gasteiger partial charge on any atom is -0.478 e. The molecule has 1 N–H and O–H groups in total. The van der Waals surface area contributed by atoms with Crippen molar-refractivity contribution in [3.63, 3.8) is 0 Å². The van der Waals surface area contributed by atoms with E-state index in [1.165, 1.54) is 0 Å². The van der Waals surface area contributed by atoms with E-state index in [2.05, 4.69) is 36.1 Å². The lowest BCUT2D eigenvalue weighted by Gasteiger charge is -2.23. The summed E-state index contributed by atoms with van der Waals surface area (Å²) in [5.74, 6) is -0.950. The molecule has 0 amide bonds. The van der Waals surface area contributed by atoms with E-state index in [9.17, 15) is 9.90 Å². The molecule has 0 fully saturated rings. The number of carboxylic acid groups (broad SMARTS) is 1. The van der Waals surface area contributed by atoms with Gasteiger partial charge >= 0.3 is 5.97 Å². The second-order valence-corrected chi connectivity index (χ2v) is 5.03. The van der Waals surface area contributed by atoms with Crippen molar-refractivity contribution < 1.29 is 9.90 Å². The summed E-state index contributed by atoms with van der Waals surface area (Å²) in [7, 11) is 2.06. The molecule has 108 valence electrons. The monoisotopic (exact) mass is 276 g/mol. The van der Waals surface area contributed by atoms with Crippen LogP contribution in [-0.2, 0) is 6.54 Å². The van der Waals surface area contributed by atoms with E-state index >= 15 is 0 Å². The number of aromatic carboxylic acids is 1. The van der Waals surface area contributed by atoms with Gasteiger partial charge in [0, 0.05) is 12.6 Å². The highest BCUT2D eigenvalue weighted by molar-refractivity contribution is 6.00. The summed E-state index contributed by atoms with van der Waals surface area (Å²) in [6, 6.07) is 5.55. The number of benzene rings is 1. The van der Waals surface area contributed by atoms with Crippen LogP contribution in [0.5, 0.6) is 0 Å². The van der Waals surface area contributed by atoms with Crippen molar-refractivity contribution in [1.29, 1.82) is 0 Å². The predicted octanol–water partition coefficient (Wildman–Crippen LogP) is 1.86. The van der Waals surface area contributed by atoms with Crippen molar-refractivity contribution in [1.82, 2.24) is 19.9 Å². The van der Waals surface area contributed by atoms with Gasteiger partial charge < -0.3 is 10.0 Å². The van der Waals surface area contributed by atoms with Crippen LogP contribution >= 0.6 is 0 Å². The molecule has 0 saturated heterocycles. The van der Waals surface area contributed by atoms with Gasteiger partial charge in [0.05, 0.1) is 12.1 Å².